The van der Waals surface area contributed by atoms with Crippen LogP contribution in [0, 0.1) is 0 Å². The molecule has 164 valence electrons. The molecule has 0 aliphatic carbocycles. The van der Waals surface area contributed by atoms with E-state index in [4.69, 9.17) is 14.5 Å². The fourth-order valence-electron chi connectivity index (χ4n) is 3.89. The molecule has 0 N–H and O–H groups in total. The van der Waals surface area contributed by atoms with E-state index in [2.05, 4.69) is 17.0 Å². The Morgan fingerprint density at radius 1 is 0.939 bits per heavy atom. The fraction of sp³-hybridized carbons (Fsp3) is 0.120. The standard InChI is InChI=1S/C25H19N3O3S2/c1-27-18-9-5-6-10-21(18)32-24(27)22-23(29)28(14-16-7-3-2-4-8-16)25(33-22)26-17-11-12-19-20(13-17)31-15-30-19/h2-13H,14-15H2,1H3/b24-22+,26-25?. The number of thioether (sulfide) groups is 2. The predicted octanol–water partition coefficient (Wildman–Crippen LogP) is 5.59. The van der Waals surface area contributed by atoms with Crippen molar-refractivity contribution in [1.29, 1.82) is 0 Å². The fourth-order valence-corrected chi connectivity index (χ4v) is 6.23. The zero-order valence-electron chi connectivity index (χ0n) is 17.7. The van der Waals surface area contributed by atoms with Crippen LogP contribution >= 0.6 is 23.5 Å². The topological polar surface area (TPSA) is 54.4 Å². The first-order chi connectivity index (χ1) is 16.2. The van der Waals surface area contributed by atoms with Crippen molar-refractivity contribution in [1.82, 2.24) is 4.90 Å². The molecule has 1 amide bonds. The quantitative estimate of drug-likeness (QED) is 0.462. The summed E-state index contributed by atoms with van der Waals surface area (Å²) < 4.78 is 10.9. The third-order valence-corrected chi connectivity index (χ3v) is 7.99. The zero-order valence-corrected chi connectivity index (χ0v) is 19.4. The minimum atomic E-state index is -0.0366. The Labute approximate surface area is 199 Å². The molecule has 0 atom stereocenters. The molecule has 0 saturated carbocycles. The van der Waals surface area contributed by atoms with Crippen LogP contribution in [0.5, 0.6) is 11.5 Å². The molecule has 0 unspecified atom stereocenters. The van der Waals surface area contributed by atoms with Crippen molar-refractivity contribution < 1.29 is 14.3 Å². The second-order valence-electron chi connectivity index (χ2n) is 7.67. The number of rotatable bonds is 3. The second kappa shape index (κ2) is 8.20. The predicted molar refractivity (Wildman–Crippen MR) is 132 cm³/mol. The summed E-state index contributed by atoms with van der Waals surface area (Å²) in [6, 6.07) is 23.7. The number of carbonyl (C=O) groups is 1. The molecule has 3 aliphatic rings. The van der Waals surface area contributed by atoms with Crippen molar-refractivity contribution in [3.63, 3.8) is 0 Å². The summed E-state index contributed by atoms with van der Waals surface area (Å²) in [7, 11) is 2.00. The van der Waals surface area contributed by atoms with Crippen LogP contribution in [0.15, 0.2) is 92.6 Å². The number of hydrogen-bond donors (Lipinski definition) is 0. The van der Waals surface area contributed by atoms with Crippen molar-refractivity contribution in [2.45, 2.75) is 11.4 Å². The van der Waals surface area contributed by atoms with E-state index in [0.717, 1.165) is 26.9 Å². The maximum atomic E-state index is 13.7. The maximum absolute atomic E-state index is 13.7. The van der Waals surface area contributed by atoms with Gasteiger partial charge >= 0.3 is 0 Å². The molecule has 6 nitrogen and oxygen atoms in total. The summed E-state index contributed by atoms with van der Waals surface area (Å²) >= 11 is 3.04. The largest absolute Gasteiger partial charge is 0.454 e. The van der Waals surface area contributed by atoms with E-state index in [1.165, 1.54) is 11.8 Å². The van der Waals surface area contributed by atoms with Gasteiger partial charge in [0.05, 0.1) is 22.9 Å². The van der Waals surface area contributed by atoms with E-state index < -0.39 is 0 Å². The van der Waals surface area contributed by atoms with Crippen LogP contribution in [0.3, 0.4) is 0 Å². The number of ether oxygens (including phenoxy) is 2. The van der Waals surface area contributed by atoms with Gasteiger partial charge in [0.1, 0.15) is 4.91 Å². The molecule has 1 saturated heterocycles. The molecular weight excluding hydrogens is 454 g/mol. The van der Waals surface area contributed by atoms with Gasteiger partial charge in [-0.2, -0.15) is 0 Å². The van der Waals surface area contributed by atoms with Crippen molar-refractivity contribution in [3.8, 4) is 11.5 Å². The number of amidine groups is 1. The Morgan fingerprint density at radius 3 is 2.58 bits per heavy atom. The van der Waals surface area contributed by atoms with Crippen molar-refractivity contribution >= 4 is 46.0 Å². The van der Waals surface area contributed by atoms with Crippen molar-refractivity contribution in [2.24, 2.45) is 4.99 Å². The van der Waals surface area contributed by atoms with Crippen LogP contribution in [0.1, 0.15) is 5.56 Å². The highest BCUT2D eigenvalue weighted by molar-refractivity contribution is 8.19. The van der Waals surface area contributed by atoms with Crippen molar-refractivity contribution in [3.05, 3.63) is 88.3 Å². The molecule has 0 aromatic heterocycles. The lowest BCUT2D eigenvalue weighted by atomic mass is 10.2. The summed E-state index contributed by atoms with van der Waals surface area (Å²) in [5.41, 5.74) is 2.87. The molecule has 3 aromatic rings. The van der Waals surface area contributed by atoms with E-state index in [0.29, 0.717) is 28.1 Å². The lowest BCUT2D eigenvalue weighted by molar-refractivity contribution is -0.122. The third-order valence-electron chi connectivity index (χ3n) is 5.56. The number of carbonyl (C=O) groups excluding carboxylic acids is 1. The Balaban J connectivity index is 1.40. The monoisotopic (exact) mass is 473 g/mol. The SMILES string of the molecule is CN1/C(=C2\SC(=Nc3ccc4c(c3)OCO4)N(Cc3ccccc3)C2=O)Sc2ccccc21. The summed E-state index contributed by atoms with van der Waals surface area (Å²) in [6.07, 6.45) is 0. The van der Waals surface area contributed by atoms with Gasteiger partial charge in [-0.1, -0.05) is 54.2 Å². The average Bonchev–Trinajstić information content (AvgIpc) is 3.52. The highest BCUT2D eigenvalue weighted by atomic mass is 32.2. The number of anilines is 1. The van der Waals surface area contributed by atoms with Crippen LogP contribution < -0.4 is 14.4 Å². The summed E-state index contributed by atoms with van der Waals surface area (Å²) in [5, 5.41) is 1.58. The molecule has 0 bridgehead atoms. The third kappa shape index (κ3) is 3.65. The first kappa shape index (κ1) is 20.3. The number of amides is 1. The van der Waals surface area contributed by atoms with Gasteiger partial charge in [-0.3, -0.25) is 9.69 Å². The zero-order chi connectivity index (χ0) is 22.4. The van der Waals surface area contributed by atoms with E-state index in [9.17, 15) is 4.79 Å². The normalized spacial score (nSPS) is 20.2. The first-order valence-electron chi connectivity index (χ1n) is 10.4. The Bertz CT molecular complexity index is 1320. The lowest BCUT2D eigenvalue weighted by Gasteiger charge is -2.17. The molecule has 6 rings (SSSR count). The van der Waals surface area contributed by atoms with E-state index >= 15 is 0 Å². The molecule has 3 aromatic carbocycles. The van der Waals surface area contributed by atoms with Gasteiger partial charge < -0.3 is 14.4 Å². The summed E-state index contributed by atoms with van der Waals surface area (Å²) in [6.45, 7) is 0.664. The Hall–Kier alpha value is -3.36. The van der Waals surface area contributed by atoms with Gasteiger partial charge in [-0.15, -0.1) is 0 Å². The Kier molecular flexibility index (Phi) is 5.04. The maximum Gasteiger partial charge on any atom is 0.269 e. The van der Waals surface area contributed by atoms with Gasteiger partial charge in [0, 0.05) is 18.0 Å². The Morgan fingerprint density at radius 2 is 1.73 bits per heavy atom. The number of hydrogen-bond acceptors (Lipinski definition) is 7. The van der Waals surface area contributed by atoms with Gasteiger partial charge in [0.25, 0.3) is 5.91 Å². The van der Waals surface area contributed by atoms with Crippen LogP contribution in [0.4, 0.5) is 11.4 Å². The van der Waals surface area contributed by atoms with Crippen LogP contribution in [-0.2, 0) is 11.3 Å². The van der Waals surface area contributed by atoms with Crippen molar-refractivity contribution in [2.75, 3.05) is 18.7 Å². The van der Waals surface area contributed by atoms with E-state index in [1.807, 2.05) is 67.7 Å². The van der Waals surface area contributed by atoms with Crippen LogP contribution in [0.2, 0.25) is 0 Å². The molecule has 3 aliphatic heterocycles. The highest BCUT2D eigenvalue weighted by Gasteiger charge is 2.39. The summed E-state index contributed by atoms with van der Waals surface area (Å²) in [4.78, 5) is 24.2. The second-order valence-corrected chi connectivity index (χ2v) is 9.68. The van der Waals surface area contributed by atoms with E-state index in [-0.39, 0.29) is 12.7 Å². The molecule has 1 fully saturated rings. The van der Waals surface area contributed by atoms with E-state index in [1.54, 1.807) is 16.7 Å². The van der Waals surface area contributed by atoms with Crippen LogP contribution in [0.25, 0.3) is 0 Å². The number of para-hydroxylation sites is 1. The molecule has 0 spiro atoms. The van der Waals surface area contributed by atoms with Gasteiger partial charge in [0.2, 0.25) is 6.79 Å². The molecular formula is C25H19N3O3S2. The first-order valence-corrected chi connectivity index (χ1v) is 12.1. The molecule has 33 heavy (non-hydrogen) atoms. The molecule has 0 radical (unpaired) electrons. The van der Waals surface area contributed by atoms with Gasteiger partial charge in [0.15, 0.2) is 16.7 Å². The minimum absolute atomic E-state index is 0.0366. The highest BCUT2D eigenvalue weighted by Crippen LogP contribution is 2.50. The van der Waals surface area contributed by atoms with Crippen LogP contribution in [-0.4, -0.2) is 29.8 Å². The molecule has 8 heteroatoms. The lowest BCUT2D eigenvalue weighted by Crippen LogP contribution is -2.29. The molecule has 3 heterocycles. The number of benzene rings is 3. The average molecular weight is 474 g/mol. The smallest absolute Gasteiger partial charge is 0.269 e. The minimum Gasteiger partial charge on any atom is -0.454 e. The summed E-state index contributed by atoms with van der Waals surface area (Å²) in [5.74, 6) is 1.34. The number of nitrogens with zero attached hydrogens (tertiary/aromatic N) is 3. The number of fused-ring (bicyclic) bond motifs is 2. The van der Waals surface area contributed by atoms with Gasteiger partial charge in [-0.25, -0.2) is 4.99 Å². The number of aliphatic imine (C=N–C) groups is 1. The van der Waals surface area contributed by atoms with Gasteiger partial charge in [-0.05, 0) is 41.6 Å².